The number of rotatable bonds is 10. The van der Waals surface area contributed by atoms with Crippen molar-refractivity contribution in [2.45, 2.75) is 26.1 Å². The van der Waals surface area contributed by atoms with E-state index in [0.29, 0.717) is 36.9 Å². The van der Waals surface area contributed by atoms with Gasteiger partial charge in [0.1, 0.15) is 5.75 Å². The van der Waals surface area contributed by atoms with E-state index in [1.807, 2.05) is 50.2 Å². The maximum atomic E-state index is 12.5. The number of carbonyl (C=O) groups is 1. The Morgan fingerprint density at radius 3 is 2.72 bits per heavy atom. The van der Waals surface area contributed by atoms with Crippen LogP contribution in [0.3, 0.4) is 0 Å². The van der Waals surface area contributed by atoms with Crippen LogP contribution in [0.15, 0.2) is 53.5 Å². The summed E-state index contributed by atoms with van der Waals surface area (Å²) < 4.78 is 14.2. The second-order valence-electron chi connectivity index (χ2n) is 6.28. The van der Waals surface area contributed by atoms with Crippen LogP contribution in [-0.4, -0.2) is 36.0 Å². The number of amides is 1. The number of nitrogens with zero attached hydrogens (tertiary/aromatic N) is 2. The molecule has 0 spiro atoms. The summed E-state index contributed by atoms with van der Waals surface area (Å²) >= 11 is 3.10. The fourth-order valence-corrected chi connectivity index (χ4v) is 4.75. The van der Waals surface area contributed by atoms with Crippen molar-refractivity contribution in [3.8, 4) is 5.75 Å². The Kier molecular flexibility index (Phi) is 8.34. The van der Waals surface area contributed by atoms with E-state index in [1.165, 1.54) is 16.9 Å². The number of benzene rings is 2. The van der Waals surface area contributed by atoms with Crippen LogP contribution in [0.4, 0.5) is 0 Å². The lowest BCUT2D eigenvalue weighted by molar-refractivity contribution is -0.115. The highest BCUT2D eigenvalue weighted by Crippen LogP contribution is 2.23. The number of thioether (sulfide) groups is 1. The van der Waals surface area contributed by atoms with Crippen molar-refractivity contribution in [3.05, 3.63) is 58.9 Å². The topological polar surface area (TPSA) is 52.8 Å². The highest BCUT2D eigenvalue weighted by molar-refractivity contribution is 7.99. The summed E-state index contributed by atoms with van der Waals surface area (Å²) in [6.45, 7) is 6.47. The minimum absolute atomic E-state index is 0.118. The van der Waals surface area contributed by atoms with Crippen LogP contribution in [0.2, 0.25) is 0 Å². The van der Waals surface area contributed by atoms with Crippen LogP contribution < -0.4 is 9.54 Å². The van der Waals surface area contributed by atoms with Gasteiger partial charge in [-0.2, -0.15) is 4.99 Å². The van der Waals surface area contributed by atoms with Crippen LogP contribution >= 0.6 is 23.1 Å². The fraction of sp³-hybridized carbons (Fsp3) is 0.364. The number of hydrogen-bond acceptors (Lipinski definition) is 5. The van der Waals surface area contributed by atoms with Crippen molar-refractivity contribution in [1.82, 2.24) is 4.57 Å². The first-order chi connectivity index (χ1) is 14.2. The van der Waals surface area contributed by atoms with Gasteiger partial charge in [0.05, 0.1) is 29.2 Å². The quantitative estimate of drug-likeness (QED) is 0.445. The maximum absolute atomic E-state index is 12.5. The van der Waals surface area contributed by atoms with Crippen molar-refractivity contribution in [3.63, 3.8) is 0 Å². The van der Waals surface area contributed by atoms with Gasteiger partial charge in [0, 0.05) is 18.9 Å². The van der Waals surface area contributed by atoms with Gasteiger partial charge in [0.15, 0.2) is 4.80 Å². The van der Waals surface area contributed by atoms with Gasteiger partial charge >= 0.3 is 0 Å². The summed E-state index contributed by atoms with van der Waals surface area (Å²) in [7, 11) is 0. The Labute approximate surface area is 179 Å². The summed E-state index contributed by atoms with van der Waals surface area (Å²) in [6, 6.07) is 16.1. The largest absolute Gasteiger partial charge is 0.494 e. The van der Waals surface area contributed by atoms with E-state index in [4.69, 9.17) is 9.47 Å². The molecule has 1 amide bonds. The summed E-state index contributed by atoms with van der Waals surface area (Å²) in [5, 5.41) is 0. The van der Waals surface area contributed by atoms with E-state index in [0.717, 1.165) is 21.7 Å². The van der Waals surface area contributed by atoms with Gasteiger partial charge in [-0.05, 0) is 37.6 Å². The molecule has 154 valence electrons. The molecular weight excluding hydrogens is 404 g/mol. The summed E-state index contributed by atoms with van der Waals surface area (Å²) in [6.07, 6.45) is 0. The zero-order valence-electron chi connectivity index (χ0n) is 16.8. The van der Waals surface area contributed by atoms with Crippen LogP contribution in [0.5, 0.6) is 5.75 Å². The van der Waals surface area contributed by atoms with E-state index < -0.39 is 0 Å². The summed E-state index contributed by atoms with van der Waals surface area (Å²) in [5.41, 5.74) is 2.25. The maximum Gasteiger partial charge on any atom is 0.258 e. The molecule has 7 heteroatoms. The third-order valence-electron chi connectivity index (χ3n) is 4.19. The third kappa shape index (κ3) is 6.19. The summed E-state index contributed by atoms with van der Waals surface area (Å²) in [5.74, 6) is 1.87. The molecule has 5 nitrogen and oxygen atoms in total. The molecule has 1 aromatic heterocycles. The fourth-order valence-electron chi connectivity index (χ4n) is 2.88. The van der Waals surface area contributed by atoms with Crippen molar-refractivity contribution in [2.75, 3.05) is 25.6 Å². The Morgan fingerprint density at radius 1 is 1.14 bits per heavy atom. The smallest absolute Gasteiger partial charge is 0.258 e. The highest BCUT2D eigenvalue weighted by atomic mass is 32.2. The second-order valence-corrected chi connectivity index (χ2v) is 8.27. The molecule has 0 atom stereocenters. The van der Waals surface area contributed by atoms with Gasteiger partial charge in [-0.1, -0.05) is 41.7 Å². The SMILES string of the molecule is CCOCCn1c(=NC(=O)CSCc2ccccc2)sc2cc(OCC)ccc21. The summed E-state index contributed by atoms with van der Waals surface area (Å²) in [4.78, 5) is 17.6. The van der Waals surface area contributed by atoms with Crippen molar-refractivity contribution >= 4 is 39.2 Å². The number of hydrogen-bond donors (Lipinski definition) is 0. The zero-order valence-corrected chi connectivity index (χ0v) is 18.4. The van der Waals surface area contributed by atoms with Gasteiger partial charge in [-0.25, -0.2) is 0 Å². The molecule has 0 saturated heterocycles. The molecule has 0 N–H and O–H groups in total. The van der Waals surface area contributed by atoms with Crippen molar-refractivity contribution in [1.29, 1.82) is 0 Å². The van der Waals surface area contributed by atoms with Gasteiger partial charge in [0.25, 0.3) is 5.91 Å². The van der Waals surface area contributed by atoms with E-state index >= 15 is 0 Å². The second kappa shape index (κ2) is 11.2. The Balaban J connectivity index is 1.78. The molecule has 0 aliphatic carbocycles. The normalized spacial score (nSPS) is 11.9. The van der Waals surface area contributed by atoms with Gasteiger partial charge < -0.3 is 14.0 Å². The monoisotopic (exact) mass is 430 g/mol. The molecule has 0 aliphatic rings. The van der Waals surface area contributed by atoms with Gasteiger partial charge in [-0.3, -0.25) is 4.79 Å². The first kappa shape index (κ1) is 21.6. The number of fused-ring (bicyclic) bond motifs is 1. The Hall–Kier alpha value is -2.09. The average Bonchev–Trinajstić information content (AvgIpc) is 3.05. The molecular formula is C22H26N2O3S2. The molecule has 0 saturated carbocycles. The predicted octanol–water partition coefficient (Wildman–Crippen LogP) is 4.50. The predicted molar refractivity (Wildman–Crippen MR) is 121 cm³/mol. The average molecular weight is 431 g/mol. The Morgan fingerprint density at radius 2 is 1.97 bits per heavy atom. The molecule has 0 radical (unpaired) electrons. The van der Waals surface area contributed by atoms with Crippen molar-refractivity contribution in [2.24, 2.45) is 4.99 Å². The lowest BCUT2D eigenvalue weighted by Crippen LogP contribution is -2.20. The van der Waals surface area contributed by atoms with Gasteiger partial charge in [0.2, 0.25) is 0 Å². The lowest BCUT2D eigenvalue weighted by atomic mass is 10.2. The first-order valence-electron chi connectivity index (χ1n) is 9.74. The molecule has 2 aromatic carbocycles. The van der Waals surface area contributed by atoms with E-state index in [2.05, 4.69) is 21.7 Å². The molecule has 0 fully saturated rings. The van der Waals surface area contributed by atoms with Crippen molar-refractivity contribution < 1.29 is 14.3 Å². The number of aromatic nitrogens is 1. The van der Waals surface area contributed by atoms with Crippen LogP contribution in [0.25, 0.3) is 10.2 Å². The molecule has 0 aliphatic heterocycles. The first-order valence-corrected chi connectivity index (χ1v) is 11.7. The molecule has 3 rings (SSSR count). The van der Waals surface area contributed by atoms with E-state index in [9.17, 15) is 4.79 Å². The molecule has 0 unspecified atom stereocenters. The zero-order chi connectivity index (χ0) is 20.5. The lowest BCUT2D eigenvalue weighted by Gasteiger charge is -2.06. The van der Waals surface area contributed by atoms with Crippen LogP contribution in [-0.2, 0) is 21.8 Å². The Bertz CT molecular complexity index is 996. The number of carbonyl (C=O) groups excluding carboxylic acids is 1. The van der Waals surface area contributed by atoms with Crippen LogP contribution in [0.1, 0.15) is 19.4 Å². The van der Waals surface area contributed by atoms with E-state index in [1.54, 1.807) is 11.8 Å². The standard InChI is InChI=1S/C22H26N2O3S2/c1-3-26-13-12-24-19-11-10-18(27-4-2)14-20(19)29-22(24)23-21(25)16-28-15-17-8-6-5-7-9-17/h5-11,14H,3-4,12-13,15-16H2,1-2H3. The number of thiazole rings is 1. The van der Waals surface area contributed by atoms with Gasteiger partial charge in [-0.15, -0.1) is 11.8 Å². The molecule has 1 heterocycles. The van der Waals surface area contributed by atoms with E-state index in [-0.39, 0.29) is 5.91 Å². The third-order valence-corrected chi connectivity index (χ3v) is 6.22. The minimum Gasteiger partial charge on any atom is -0.494 e. The molecule has 0 bridgehead atoms. The molecule has 3 aromatic rings. The highest BCUT2D eigenvalue weighted by Gasteiger charge is 2.10. The van der Waals surface area contributed by atoms with Crippen LogP contribution in [0, 0.1) is 0 Å². The molecule has 29 heavy (non-hydrogen) atoms. The number of ether oxygens (including phenoxy) is 2. The minimum atomic E-state index is -0.118.